The van der Waals surface area contributed by atoms with Gasteiger partial charge in [0.1, 0.15) is 12.1 Å². The molecule has 0 radical (unpaired) electrons. The number of amides is 2. The standard InChI is InChI=1S/C45H78N2O7/c1-3-5-7-9-11-13-15-16-17-18-20-22-24-29-33-37-44(51)54-40(34-30-26-23-21-19-14-12-10-8-6-4-2)35-31-27-25-28-32-36-42(49)46-38-43(50)47-41(39-48)45(52)53/h5,7,11,13,16-17,20,22,40-41,48H,3-4,6,8-10,12,14-15,18-19,21,23-39H2,1-2H3,(H,46,49)(H,47,50)(H,52,53)/b7-5-,13-11-,17-16-,22-20-. The maximum absolute atomic E-state index is 12.8. The van der Waals surface area contributed by atoms with E-state index in [1.54, 1.807) is 0 Å². The topological polar surface area (TPSA) is 142 Å². The van der Waals surface area contributed by atoms with Gasteiger partial charge in [0.25, 0.3) is 0 Å². The van der Waals surface area contributed by atoms with Crippen molar-refractivity contribution in [1.82, 2.24) is 10.6 Å². The molecule has 0 aromatic rings. The smallest absolute Gasteiger partial charge is 0.328 e. The van der Waals surface area contributed by atoms with Gasteiger partial charge in [-0.15, -0.1) is 0 Å². The van der Waals surface area contributed by atoms with Crippen molar-refractivity contribution in [3.05, 3.63) is 48.6 Å². The molecule has 2 unspecified atom stereocenters. The minimum Gasteiger partial charge on any atom is -0.480 e. The lowest BCUT2D eigenvalue weighted by atomic mass is 10.0. The van der Waals surface area contributed by atoms with Crippen LogP contribution in [0.25, 0.3) is 0 Å². The van der Waals surface area contributed by atoms with Gasteiger partial charge in [-0.05, 0) is 77.0 Å². The van der Waals surface area contributed by atoms with E-state index in [1.165, 1.54) is 64.2 Å². The average molecular weight is 759 g/mol. The summed E-state index contributed by atoms with van der Waals surface area (Å²) in [5.74, 6) is -2.34. The zero-order valence-electron chi connectivity index (χ0n) is 34.2. The Labute approximate surface area is 328 Å². The van der Waals surface area contributed by atoms with Gasteiger partial charge in [-0.25, -0.2) is 4.79 Å². The van der Waals surface area contributed by atoms with E-state index in [2.05, 4.69) is 73.1 Å². The Morgan fingerprint density at radius 3 is 1.57 bits per heavy atom. The summed E-state index contributed by atoms with van der Waals surface area (Å²) < 4.78 is 6.00. The van der Waals surface area contributed by atoms with Gasteiger partial charge in [0.15, 0.2) is 0 Å². The first-order valence-electron chi connectivity index (χ1n) is 21.5. The van der Waals surface area contributed by atoms with Crippen LogP contribution < -0.4 is 10.6 Å². The lowest BCUT2D eigenvalue weighted by molar-refractivity contribution is -0.150. The highest BCUT2D eigenvalue weighted by atomic mass is 16.5. The summed E-state index contributed by atoms with van der Waals surface area (Å²) in [5, 5.41) is 22.5. The van der Waals surface area contributed by atoms with Crippen LogP contribution in [0.5, 0.6) is 0 Å². The van der Waals surface area contributed by atoms with Crippen LogP contribution in [0, 0.1) is 0 Å². The molecule has 4 N–H and O–H groups in total. The van der Waals surface area contributed by atoms with Gasteiger partial charge < -0.3 is 25.6 Å². The van der Waals surface area contributed by atoms with Crippen LogP contribution in [0.3, 0.4) is 0 Å². The van der Waals surface area contributed by atoms with Gasteiger partial charge in [-0.1, -0.05) is 146 Å². The van der Waals surface area contributed by atoms with E-state index in [4.69, 9.17) is 14.9 Å². The lowest BCUT2D eigenvalue weighted by Crippen LogP contribution is -2.47. The Morgan fingerprint density at radius 1 is 0.574 bits per heavy atom. The van der Waals surface area contributed by atoms with Crippen LogP contribution in [-0.2, 0) is 23.9 Å². The first-order valence-corrected chi connectivity index (χ1v) is 21.5. The van der Waals surface area contributed by atoms with E-state index in [0.29, 0.717) is 12.8 Å². The van der Waals surface area contributed by atoms with Crippen molar-refractivity contribution in [2.45, 2.75) is 199 Å². The van der Waals surface area contributed by atoms with E-state index in [-0.39, 0.29) is 30.9 Å². The Balaban J connectivity index is 4.38. The summed E-state index contributed by atoms with van der Waals surface area (Å²) in [6.07, 6.45) is 45.6. The number of carbonyl (C=O) groups is 4. The Kier molecular flexibility index (Phi) is 37.2. The van der Waals surface area contributed by atoms with E-state index < -0.39 is 24.5 Å². The fraction of sp³-hybridized carbons (Fsp3) is 0.733. The van der Waals surface area contributed by atoms with Gasteiger partial charge in [0.2, 0.25) is 11.8 Å². The number of hydrogen-bond acceptors (Lipinski definition) is 6. The number of aliphatic hydroxyl groups excluding tert-OH is 1. The van der Waals surface area contributed by atoms with Crippen molar-refractivity contribution < 1.29 is 34.1 Å². The molecule has 0 aliphatic rings. The van der Waals surface area contributed by atoms with Gasteiger partial charge in [0.05, 0.1) is 13.2 Å². The molecule has 9 nitrogen and oxygen atoms in total. The molecule has 0 saturated carbocycles. The van der Waals surface area contributed by atoms with Crippen LogP contribution in [0.1, 0.15) is 187 Å². The van der Waals surface area contributed by atoms with E-state index in [0.717, 1.165) is 89.9 Å². The largest absolute Gasteiger partial charge is 0.480 e. The van der Waals surface area contributed by atoms with E-state index in [9.17, 15) is 19.2 Å². The maximum atomic E-state index is 12.8. The van der Waals surface area contributed by atoms with Gasteiger partial charge in [0, 0.05) is 12.8 Å². The summed E-state index contributed by atoms with van der Waals surface area (Å²) in [6, 6.07) is -1.38. The molecule has 0 aromatic carbocycles. The molecule has 0 saturated heterocycles. The first kappa shape index (κ1) is 50.8. The number of aliphatic carboxylic acids is 1. The molecule has 310 valence electrons. The third-order valence-electron chi connectivity index (χ3n) is 9.34. The molecule has 0 fully saturated rings. The number of aliphatic hydroxyl groups is 1. The third kappa shape index (κ3) is 35.8. The molecule has 9 heteroatoms. The number of carbonyl (C=O) groups excluding carboxylic acids is 3. The quantitative estimate of drug-likeness (QED) is 0.0279. The van der Waals surface area contributed by atoms with Crippen molar-refractivity contribution >= 4 is 23.8 Å². The van der Waals surface area contributed by atoms with Gasteiger partial charge in [-0.2, -0.15) is 0 Å². The van der Waals surface area contributed by atoms with Crippen molar-refractivity contribution in [2.24, 2.45) is 0 Å². The number of rotatable bonds is 38. The maximum Gasteiger partial charge on any atom is 0.328 e. The SMILES string of the molecule is CC/C=C\C/C=C\C/C=C\C/C=C\CCCCC(=O)OC(CCCCCCCCCCCCC)CCCCCCCC(=O)NCC(=O)NC(CO)C(=O)O. The lowest BCUT2D eigenvalue weighted by Gasteiger charge is -2.18. The number of allylic oxidation sites excluding steroid dienone is 8. The summed E-state index contributed by atoms with van der Waals surface area (Å²) >= 11 is 0. The molecule has 0 heterocycles. The molecule has 0 bridgehead atoms. The van der Waals surface area contributed by atoms with Crippen molar-refractivity contribution in [3.8, 4) is 0 Å². The zero-order chi connectivity index (χ0) is 39.7. The summed E-state index contributed by atoms with van der Waals surface area (Å²) in [6.45, 7) is 3.36. The van der Waals surface area contributed by atoms with Crippen LogP contribution in [0.2, 0.25) is 0 Å². The minimum absolute atomic E-state index is 0.0334. The van der Waals surface area contributed by atoms with Crippen LogP contribution in [-0.4, -0.2) is 59.3 Å². The second-order valence-electron chi connectivity index (χ2n) is 14.4. The number of esters is 1. The van der Waals surface area contributed by atoms with Crippen molar-refractivity contribution in [1.29, 1.82) is 0 Å². The molecule has 54 heavy (non-hydrogen) atoms. The molecule has 2 atom stereocenters. The normalized spacial score (nSPS) is 12.9. The summed E-state index contributed by atoms with van der Waals surface area (Å²) in [7, 11) is 0. The summed E-state index contributed by atoms with van der Waals surface area (Å²) in [4.78, 5) is 47.5. The van der Waals surface area contributed by atoms with Crippen LogP contribution >= 0.6 is 0 Å². The van der Waals surface area contributed by atoms with Crippen molar-refractivity contribution in [2.75, 3.05) is 13.2 Å². The molecule has 2 amide bonds. The fourth-order valence-electron chi connectivity index (χ4n) is 6.06. The predicted molar refractivity (Wildman–Crippen MR) is 222 cm³/mol. The van der Waals surface area contributed by atoms with E-state index >= 15 is 0 Å². The second-order valence-corrected chi connectivity index (χ2v) is 14.4. The average Bonchev–Trinajstić information content (AvgIpc) is 3.15. The number of hydrogen-bond donors (Lipinski definition) is 4. The molecule has 0 spiro atoms. The molecule has 0 aliphatic carbocycles. The number of carboxylic acid groups (broad SMARTS) is 1. The number of nitrogens with one attached hydrogen (secondary N) is 2. The Hall–Kier alpha value is -3.20. The number of unbranched alkanes of at least 4 members (excludes halogenated alkanes) is 16. The zero-order valence-corrected chi connectivity index (χ0v) is 34.2. The monoisotopic (exact) mass is 759 g/mol. The Bertz CT molecular complexity index is 1050. The molecular weight excluding hydrogens is 681 g/mol. The highest BCUT2D eigenvalue weighted by Crippen LogP contribution is 2.19. The number of ether oxygens (including phenoxy) is 1. The van der Waals surface area contributed by atoms with Crippen molar-refractivity contribution in [3.63, 3.8) is 0 Å². The fourth-order valence-corrected chi connectivity index (χ4v) is 6.06. The minimum atomic E-state index is -1.38. The molecule has 0 aromatic heterocycles. The number of carboxylic acids is 1. The highest BCUT2D eigenvalue weighted by Gasteiger charge is 2.19. The summed E-state index contributed by atoms with van der Waals surface area (Å²) in [5.41, 5.74) is 0. The Morgan fingerprint density at radius 2 is 1.06 bits per heavy atom. The predicted octanol–water partition coefficient (Wildman–Crippen LogP) is 10.4. The molecular formula is C45H78N2O7. The van der Waals surface area contributed by atoms with E-state index in [1.807, 2.05) is 0 Å². The van der Waals surface area contributed by atoms with Gasteiger partial charge >= 0.3 is 11.9 Å². The van der Waals surface area contributed by atoms with Crippen LogP contribution in [0.15, 0.2) is 48.6 Å². The first-order chi connectivity index (χ1) is 26.3. The third-order valence-corrected chi connectivity index (χ3v) is 9.34. The van der Waals surface area contributed by atoms with Crippen LogP contribution in [0.4, 0.5) is 0 Å². The van der Waals surface area contributed by atoms with Gasteiger partial charge in [-0.3, -0.25) is 14.4 Å². The second kappa shape index (κ2) is 39.5. The highest BCUT2D eigenvalue weighted by molar-refractivity contribution is 5.87. The molecule has 0 rings (SSSR count). The molecule has 0 aliphatic heterocycles.